The Kier molecular flexibility index (Phi) is 9.55. The molecule has 0 aromatic heterocycles. The maximum Gasteiger partial charge on any atom is 0.242 e. The van der Waals surface area contributed by atoms with E-state index in [9.17, 15) is 9.59 Å². The van der Waals surface area contributed by atoms with Gasteiger partial charge in [0.15, 0.2) is 0 Å². The van der Waals surface area contributed by atoms with Crippen molar-refractivity contribution in [3.63, 3.8) is 0 Å². The van der Waals surface area contributed by atoms with Crippen LogP contribution in [-0.2, 0) is 16.1 Å². The molecule has 2 rings (SSSR count). The first-order valence-electron chi connectivity index (χ1n) is 9.92. The van der Waals surface area contributed by atoms with Gasteiger partial charge >= 0.3 is 0 Å². The molecule has 0 saturated heterocycles. The molecule has 0 fully saturated rings. The first kappa shape index (κ1) is 23.3. The van der Waals surface area contributed by atoms with Crippen LogP contribution in [0.2, 0.25) is 5.02 Å². The molecule has 0 unspecified atom stereocenters. The molecule has 0 heterocycles. The zero-order valence-electron chi connectivity index (χ0n) is 17.2. The monoisotopic (exact) mass is 432 g/mol. The van der Waals surface area contributed by atoms with Crippen molar-refractivity contribution < 1.29 is 9.59 Å². The number of carbonyl (C=O) groups is 2. The van der Waals surface area contributed by atoms with Crippen molar-refractivity contribution in [3.05, 3.63) is 65.2 Å². The van der Waals surface area contributed by atoms with Crippen molar-refractivity contribution in [3.8, 4) is 0 Å². The number of hydrogen-bond donors (Lipinski definition) is 1. The number of carbonyl (C=O) groups excluding carboxylic acids is 2. The van der Waals surface area contributed by atoms with Crippen LogP contribution >= 0.6 is 23.4 Å². The van der Waals surface area contributed by atoms with Crippen molar-refractivity contribution >= 4 is 35.2 Å². The van der Waals surface area contributed by atoms with E-state index in [1.165, 1.54) is 0 Å². The van der Waals surface area contributed by atoms with E-state index in [-0.39, 0.29) is 17.9 Å². The molecule has 1 N–H and O–H groups in total. The number of rotatable bonds is 10. The number of halogens is 1. The summed E-state index contributed by atoms with van der Waals surface area (Å²) in [6, 6.07) is 16.9. The summed E-state index contributed by atoms with van der Waals surface area (Å²) in [5.41, 5.74) is 1.01. The Balaban J connectivity index is 2.03. The molecule has 0 bridgehead atoms. The zero-order valence-corrected chi connectivity index (χ0v) is 18.8. The van der Waals surface area contributed by atoms with Crippen LogP contribution < -0.4 is 5.32 Å². The fourth-order valence-corrected chi connectivity index (χ4v) is 3.73. The summed E-state index contributed by atoms with van der Waals surface area (Å²) in [5, 5.41) is 3.68. The lowest BCUT2D eigenvalue weighted by Crippen LogP contribution is -2.49. The third-order valence-electron chi connectivity index (χ3n) is 4.76. The molecule has 0 saturated carbocycles. The van der Waals surface area contributed by atoms with Gasteiger partial charge in [-0.2, -0.15) is 0 Å². The summed E-state index contributed by atoms with van der Waals surface area (Å²) in [5.74, 6) is 0.502. The molecule has 0 spiro atoms. The number of nitrogens with zero attached hydrogens (tertiary/aromatic N) is 1. The fourth-order valence-electron chi connectivity index (χ4n) is 2.76. The minimum atomic E-state index is -0.530. The van der Waals surface area contributed by atoms with Gasteiger partial charge in [0.05, 0.1) is 0 Å². The second-order valence-electron chi connectivity index (χ2n) is 7.05. The number of thioether (sulfide) groups is 1. The Hall–Kier alpha value is -1.98. The minimum Gasteiger partial charge on any atom is -0.352 e. The van der Waals surface area contributed by atoms with E-state index in [4.69, 9.17) is 11.6 Å². The van der Waals surface area contributed by atoms with Crippen LogP contribution in [0.4, 0.5) is 0 Å². The average molecular weight is 433 g/mol. The Labute approximate surface area is 183 Å². The van der Waals surface area contributed by atoms with Crippen LogP contribution in [0.15, 0.2) is 59.5 Å². The quantitative estimate of drug-likeness (QED) is 0.528. The van der Waals surface area contributed by atoms with Gasteiger partial charge < -0.3 is 10.2 Å². The van der Waals surface area contributed by atoms with Gasteiger partial charge in [-0.05, 0) is 50.1 Å². The van der Waals surface area contributed by atoms with E-state index in [2.05, 4.69) is 5.32 Å². The number of hydrogen-bond acceptors (Lipinski definition) is 3. The Morgan fingerprint density at radius 3 is 2.34 bits per heavy atom. The zero-order chi connectivity index (χ0) is 21.2. The maximum atomic E-state index is 13.0. The lowest BCUT2D eigenvalue weighted by atomic mass is 10.1. The largest absolute Gasteiger partial charge is 0.352 e. The molecular formula is C23H29ClN2O2S. The fraction of sp³-hybridized carbons (Fsp3) is 0.391. The third-order valence-corrected chi connectivity index (χ3v) is 6.03. The third kappa shape index (κ3) is 7.75. The van der Waals surface area contributed by atoms with E-state index in [0.29, 0.717) is 23.7 Å². The Morgan fingerprint density at radius 2 is 1.72 bits per heavy atom. The molecular weight excluding hydrogens is 404 g/mol. The van der Waals surface area contributed by atoms with Crippen molar-refractivity contribution in [2.24, 2.45) is 0 Å². The highest BCUT2D eigenvalue weighted by atomic mass is 35.5. The second-order valence-corrected chi connectivity index (χ2v) is 8.66. The van der Waals surface area contributed by atoms with E-state index >= 15 is 0 Å². The summed E-state index contributed by atoms with van der Waals surface area (Å²) in [4.78, 5) is 28.4. The first-order valence-corrected chi connectivity index (χ1v) is 11.3. The van der Waals surface area contributed by atoms with Crippen LogP contribution in [0.25, 0.3) is 0 Å². The second kappa shape index (κ2) is 11.9. The van der Waals surface area contributed by atoms with Gasteiger partial charge in [-0.25, -0.2) is 0 Å². The van der Waals surface area contributed by atoms with Gasteiger partial charge in [-0.15, -0.1) is 11.8 Å². The van der Waals surface area contributed by atoms with Crippen LogP contribution in [0.1, 0.15) is 39.2 Å². The highest BCUT2D eigenvalue weighted by Gasteiger charge is 2.26. The molecule has 29 heavy (non-hydrogen) atoms. The molecule has 2 aromatic carbocycles. The predicted octanol–water partition coefficient (Wildman–Crippen LogP) is 5.15. The van der Waals surface area contributed by atoms with Crippen molar-refractivity contribution in [1.29, 1.82) is 0 Å². The molecule has 0 aliphatic heterocycles. The highest BCUT2D eigenvalue weighted by Crippen LogP contribution is 2.22. The normalized spacial score (nSPS) is 12.8. The molecule has 0 aliphatic rings. The molecule has 2 atom stereocenters. The summed E-state index contributed by atoms with van der Waals surface area (Å²) >= 11 is 7.53. The lowest BCUT2D eigenvalue weighted by molar-refractivity contribution is -0.140. The standard InChI is InChI=1S/C23H29ClN2O2S/c1-4-17(2)25-23(28)18(3)26(16-19-8-6-5-7-9-19)22(27)14-15-29-21-12-10-20(24)11-13-21/h5-13,17-18H,4,14-16H2,1-3H3,(H,25,28)/t17-,18-/m1/s1. The number of amides is 2. The number of benzene rings is 2. The van der Waals surface area contributed by atoms with E-state index in [1.54, 1.807) is 23.6 Å². The van der Waals surface area contributed by atoms with Crippen molar-refractivity contribution in [2.45, 2.75) is 57.1 Å². The maximum absolute atomic E-state index is 13.0. The van der Waals surface area contributed by atoms with Gasteiger partial charge in [0.25, 0.3) is 0 Å². The van der Waals surface area contributed by atoms with Gasteiger partial charge in [-0.1, -0.05) is 48.9 Å². The van der Waals surface area contributed by atoms with Gasteiger partial charge in [-0.3, -0.25) is 9.59 Å². The van der Waals surface area contributed by atoms with E-state index in [0.717, 1.165) is 16.9 Å². The van der Waals surface area contributed by atoms with Crippen LogP contribution in [0.5, 0.6) is 0 Å². The molecule has 0 aliphatic carbocycles. The summed E-state index contributed by atoms with van der Waals surface area (Å²) in [6.07, 6.45) is 1.21. The van der Waals surface area contributed by atoms with Crippen LogP contribution in [0, 0.1) is 0 Å². The first-order chi connectivity index (χ1) is 13.9. The average Bonchev–Trinajstić information content (AvgIpc) is 2.73. The smallest absolute Gasteiger partial charge is 0.242 e. The van der Waals surface area contributed by atoms with Gasteiger partial charge in [0.2, 0.25) is 11.8 Å². The Bertz CT molecular complexity index is 783. The summed E-state index contributed by atoms with van der Waals surface area (Å²) < 4.78 is 0. The minimum absolute atomic E-state index is 0.0258. The van der Waals surface area contributed by atoms with Crippen LogP contribution in [0.3, 0.4) is 0 Å². The summed E-state index contributed by atoms with van der Waals surface area (Å²) in [6.45, 7) is 6.21. The topological polar surface area (TPSA) is 49.4 Å². The lowest BCUT2D eigenvalue weighted by Gasteiger charge is -2.29. The van der Waals surface area contributed by atoms with E-state index in [1.807, 2.05) is 68.4 Å². The Morgan fingerprint density at radius 1 is 1.07 bits per heavy atom. The van der Waals surface area contributed by atoms with Gasteiger partial charge in [0.1, 0.15) is 6.04 Å². The highest BCUT2D eigenvalue weighted by molar-refractivity contribution is 7.99. The van der Waals surface area contributed by atoms with Crippen molar-refractivity contribution in [2.75, 3.05) is 5.75 Å². The molecule has 0 radical (unpaired) electrons. The molecule has 4 nitrogen and oxygen atoms in total. The number of nitrogens with one attached hydrogen (secondary N) is 1. The molecule has 156 valence electrons. The van der Waals surface area contributed by atoms with Gasteiger partial charge in [0, 0.05) is 34.7 Å². The SMILES string of the molecule is CC[C@@H](C)NC(=O)[C@@H](C)N(Cc1ccccc1)C(=O)CCSc1ccc(Cl)cc1. The van der Waals surface area contributed by atoms with Crippen molar-refractivity contribution in [1.82, 2.24) is 10.2 Å². The molecule has 6 heteroatoms. The molecule has 2 aromatic rings. The molecule has 2 amide bonds. The summed E-state index contributed by atoms with van der Waals surface area (Å²) in [7, 11) is 0. The van der Waals surface area contributed by atoms with E-state index < -0.39 is 6.04 Å². The predicted molar refractivity (Wildman–Crippen MR) is 121 cm³/mol. The van der Waals surface area contributed by atoms with Crippen LogP contribution in [-0.4, -0.2) is 34.6 Å².